The van der Waals surface area contributed by atoms with E-state index in [1.807, 2.05) is 11.8 Å². The highest BCUT2D eigenvalue weighted by molar-refractivity contribution is 8.00. The number of fused-ring (bicyclic) bond motifs is 1. The number of nitrogens with zero attached hydrogens (tertiary/aromatic N) is 1. The maximum Gasteiger partial charge on any atom is 0.226 e. The van der Waals surface area contributed by atoms with Crippen LogP contribution in [0.25, 0.3) is 0 Å². The SMILES string of the molecule is C[C@@]1(Cl)CS[C@H]2CC(=O)N2C1. The van der Waals surface area contributed by atoms with Gasteiger partial charge in [0, 0.05) is 12.3 Å². The first-order valence-electron chi connectivity index (χ1n) is 3.68. The number of carbonyl (C=O) groups excluding carboxylic acids is 1. The number of hydrogen-bond donors (Lipinski definition) is 0. The fourth-order valence-corrected chi connectivity index (χ4v) is 3.02. The Bertz CT molecular complexity index is 207. The molecule has 4 heteroatoms. The predicted octanol–water partition coefficient (Wildman–Crippen LogP) is 1.29. The molecule has 0 saturated carbocycles. The summed E-state index contributed by atoms with van der Waals surface area (Å²) in [5.74, 6) is 1.22. The van der Waals surface area contributed by atoms with Crippen LogP contribution < -0.4 is 0 Å². The van der Waals surface area contributed by atoms with Gasteiger partial charge in [-0.15, -0.1) is 23.4 Å². The summed E-state index contributed by atoms with van der Waals surface area (Å²) in [7, 11) is 0. The summed E-state index contributed by atoms with van der Waals surface area (Å²) in [6, 6.07) is 0. The molecule has 2 aliphatic rings. The topological polar surface area (TPSA) is 20.3 Å². The summed E-state index contributed by atoms with van der Waals surface area (Å²) in [6.45, 7) is 2.72. The van der Waals surface area contributed by atoms with Crippen molar-refractivity contribution >= 4 is 29.3 Å². The normalized spacial score (nSPS) is 43.3. The third-order valence-electron chi connectivity index (χ3n) is 2.09. The third kappa shape index (κ3) is 1.25. The van der Waals surface area contributed by atoms with E-state index in [9.17, 15) is 4.79 Å². The van der Waals surface area contributed by atoms with Crippen LogP contribution in [0.15, 0.2) is 0 Å². The molecule has 0 N–H and O–H groups in total. The van der Waals surface area contributed by atoms with Crippen molar-refractivity contribution in [2.45, 2.75) is 23.6 Å². The van der Waals surface area contributed by atoms with Crippen LogP contribution >= 0.6 is 23.4 Å². The second-order valence-electron chi connectivity index (χ2n) is 3.40. The Hall–Kier alpha value is 0.110. The second-order valence-corrected chi connectivity index (χ2v) is 5.48. The summed E-state index contributed by atoms with van der Waals surface area (Å²) in [6.07, 6.45) is 0.720. The Balaban J connectivity index is 2.06. The molecular formula is C7H10ClNOS. The summed E-state index contributed by atoms with van der Waals surface area (Å²) in [5, 5.41) is 0.439. The molecule has 0 radical (unpaired) electrons. The predicted molar refractivity (Wildman–Crippen MR) is 46.8 cm³/mol. The molecule has 0 unspecified atom stereocenters. The van der Waals surface area contributed by atoms with E-state index in [1.165, 1.54) is 0 Å². The Labute approximate surface area is 75.3 Å². The maximum absolute atomic E-state index is 11.0. The average Bonchev–Trinajstić information content (AvgIpc) is 1.92. The second kappa shape index (κ2) is 2.30. The van der Waals surface area contributed by atoms with Gasteiger partial charge < -0.3 is 4.90 Å². The smallest absolute Gasteiger partial charge is 0.226 e. The van der Waals surface area contributed by atoms with Gasteiger partial charge in [-0.3, -0.25) is 4.79 Å². The highest BCUT2D eigenvalue weighted by Gasteiger charge is 2.44. The molecule has 0 bridgehead atoms. The quantitative estimate of drug-likeness (QED) is 0.425. The van der Waals surface area contributed by atoms with Crippen molar-refractivity contribution in [2.75, 3.05) is 12.3 Å². The monoisotopic (exact) mass is 191 g/mol. The number of thioether (sulfide) groups is 1. The van der Waals surface area contributed by atoms with Crippen molar-refractivity contribution in [3.05, 3.63) is 0 Å². The number of amides is 1. The minimum absolute atomic E-state index is 0.197. The van der Waals surface area contributed by atoms with E-state index in [2.05, 4.69) is 0 Å². The zero-order valence-corrected chi connectivity index (χ0v) is 7.91. The average molecular weight is 192 g/mol. The van der Waals surface area contributed by atoms with Gasteiger partial charge >= 0.3 is 0 Å². The van der Waals surface area contributed by atoms with Crippen molar-refractivity contribution < 1.29 is 4.79 Å². The Morgan fingerprint density at radius 3 is 3.09 bits per heavy atom. The summed E-state index contributed by atoms with van der Waals surface area (Å²) >= 11 is 7.91. The van der Waals surface area contributed by atoms with E-state index in [-0.39, 0.29) is 10.8 Å². The van der Waals surface area contributed by atoms with Gasteiger partial charge in [0.05, 0.1) is 16.7 Å². The molecule has 1 amide bonds. The lowest BCUT2D eigenvalue weighted by Crippen LogP contribution is -2.59. The first-order valence-corrected chi connectivity index (χ1v) is 5.11. The Kier molecular flexibility index (Phi) is 1.62. The number of alkyl halides is 1. The van der Waals surface area contributed by atoms with Gasteiger partial charge in [0.15, 0.2) is 0 Å². The fourth-order valence-electron chi connectivity index (χ4n) is 1.43. The number of rotatable bonds is 0. The molecule has 0 aromatic carbocycles. The molecule has 0 spiro atoms. The van der Waals surface area contributed by atoms with Gasteiger partial charge in [-0.2, -0.15) is 0 Å². The van der Waals surface area contributed by atoms with E-state index < -0.39 is 0 Å². The fraction of sp³-hybridized carbons (Fsp3) is 0.857. The van der Waals surface area contributed by atoms with Crippen LogP contribution in [0.5, 0.6) is 0 Å². The molecule has 62 valence electrons. The number of hydrogen-bond acceptors (Lipinski definition) is 2. The molecule has 2 saturated heterocycles. The number of β-lactam (4-membered cyclic amide) rings is 1. The van der Waals surface area contributed by atoms with Crippen molar-refractivity contribution in [3.63, 3.8) is 0 Å². The summed E-state index contributed by atoms with van der Waals surface area (Å²) in [4.78, 5) is 12.7. The van der Waals surface area contributed by atoms with Crippen LogP contribution in [0.4, 0.5) is 0 Å². The van der Waals surface area contributed by atoms with E-state index >= 15 is 0 Å². The highest BCUT2D eigenvalue weighted by atomic mass is 35.5. The molecule has 0 aromatic rings. The number of halogens is 1. The zero-order chi connectivity index (χ0) is 8.06. The van der Waals surface area contributed by atoms with Crippen LogP contribution in [0.1, 0.15) is 13.3 Å². The van der Waals surface area contributed by atoms with Crippen LogP contribution in [0.3, 0.4) is 0 Å². The number of carbonyl (C=O) groups is 1. The van der Waals surface area contributed by atoms with E-state index in [1.54, 1.807) is 11.8 Å². The molecule has 2 aliphatic heterocycles. The van der Waals surface area contributed by atoms with Crippen molar-refractivity contribution in [1.29, 1.82) is 0 Å². The maximum atomic E-state index is 11.0. The third-order valence-corrected chi connectivity index (χ3v) is 4.12. The minimum atomic E-state index is -0.197. The van der Waals surface area contributed by atoms with Gasteiger partial charge in [0.2, 0.25) is 5.91 Å². The highest BCUT2D eigenvalue weighted by Crippen LogP contribution is 2.39. The molecular weight excluding hydrogens is 182 g/mol. The molecule has 2 rings (SSSR count). The minimum Gasteiger partial charge on any atom is -0.328 e. The molecule has 2 fully saturated rings. The molecule has 0 aromatic heterocycles. The molecule has 11 heavy (non-hydrogen) atoms. The van der Waals surface area contributed by atoms with Crippen LogP contribution in [0.2, 0.25) is 0 Å². The van der Waals surface area contributed by atoms with Crippen LogP contribution in [-0.4, -0.2) is 33.4 Å². The Morgan fingerprint density at radius 1 is 1.82 bits per heavy atom. The molecule has 0 aliphatic carbocycles. The van der Waals surface area contributed by atoms with Crippen molar-refractivity contribution in [1.82, 2.24) is 4.90 Å². The standard InChI is InChI=1S/C7H10ClNOS/c1-7(8)3-9-5(10)2-6(9)11-4-7/h6H,2-4H2,1H3/t6-,7-/m0/s1. The zero-order valence-electron chi connectivity index (χ0n) is 6.34. The van der Waals surface area contributed by atoms with Crippen molar-refractivity contribution in [2.24, 2.45) is 0 Å². The molecule has 2 atom stereocenters. The first-order chi connectivity index (χ1) is 5.08. The lowest BCUT2D eigenvalue weighted by molar-refractivity contribution is -0.142. The van der Waals surface area contributed by atoms with Crippen LogP contribution in [-0.2, 0) is 4.79 Å². The van der Waals surface area contributed by atoms with Crippen LogP contribution in [0, 0.1) is 0 Å². The van der Waals surface area contributed by atoms with Gasteiger partial charge in [-0.25, -0.2) is 0 Å². The lowest BCUT2D eigenvalue weighted by atomic mass is 10.1. The van der Waals surface area contributed by atoms with Gasteiger partial charge in [0.25, 0.3) is 0 Å². The summed E-state index contributed by atoms with van der Waals surface area (Å²) < 4.78 is 0. The first kappa shape index (κ1) is 7.74. The van der Waals surface area contributed by atoms with Gasteiger partial charge in [-0.05, 0) is 6.92 Å². The van der Waals surface area contributed by atoms with Gasteiger partial charge in [0.1, 0.15) is 0 Å². The van der Waals surface area contributed by atoms with Gasteiger partial charge in [-0.1, -0.05) is 0 Å². The molecule has 2 heterocycles. The summed E-state index contributed by atoms with van der Waals surface area (Å²) in [5.41, 5.74) is 0. The molecule has 2 nitrogen and oxygen atoms in total. The largest absolute Gasteiger partial charge is 0.328 e. The van der Waals surface area contributed by atoms with E-state index in [0.717, 1.165) is 18.7 Å². The van der Waals surface area contributed by atoms with E-state index in [4.69, 9.17) is 11.6 Å². The Morgan fingerprint density at radius 2 is 2.55 bits per heavy atom. The lowest BCUT2D eigenvalue weighted by Gasteiger charge is -2.48. The van der Waals surface area contributed by atoms with Crippen molar-refractivity contribution in [3.8, 4) is 0 Å². The van der Waals surface area contributed by atoms with E-state index in [0.29, 0.717) is 5.37 Å².